The van der Waals surface area contributed by atoms with Gasteiger partial charge in [0.1, 0.15) is 6.10 Å². The molecule has 1 fully saturated rings. The fourth-order valence-corrected chi connectivity index (χ4v) is 3.48. The molecule has 4 rings (SSSR count). The van der Waals surface area contributed by atoms with Gasteiger partial charge in [-0.05, 0) is 42.5 Å². The van der Waals surface area contributed by atoms with Crippen LogP contribution in [0.4, 0.5) is 0 Å². The number of ether oxygens (including phenoxy) is 1. The topological polar surface area (TPSA) is 29.6 Å². The zero-order valence-corrected chi connectivity index (χ0v) is 12.3. The van der Waals surface area contributed by atoms with E-state index in [0.29, 0.717) is 5.02 Å². The van der Waals surface area contributed by atoms with Crippen molar-refractivity contribution in [3.63, 3.8) is 0 Å². The maximum Gasteiger partial charge on any atom is 0.197 e. The fourth-order valence-electron chi connectivity index (χ4n) is 3.36. The number of Topliss-reactive ketones (excluding diaryl/α,β-unsaturated/α-hetero) is 1. The third-order valence-electron chi connectivity index (χ3n) is 4.51. The third kappa shape index (κ3) is 2.02. The Kier molecular flexibility index (Phi) is 2.91. The number of carbonyl (C=O) groups excluding carboxylic acids is 1. The Morgan fingerprint density at radius 2 is 1.86 bits per heavy atom. The molecule has 0 N–H and O–H groups in total. The van der Waals surface area contributed by atoms with E-state index in [1.54, 1.807) is 0 Å². The van der Waals surface area contributed by atoms with Crippen molar-refractivity contribution in [2.24, 2.45) is 0 Å². The van der Waals surface area contributed by atoms with E-state index >= 15 is 0 Å². The average Bonchev–Trinajstić information content (AvgIpc) is 3.25. The number of epoxide rings is 1. The molecule has 0 bridgehead atoms. The van der Waals surface area contributed by atoms with Gasteiger partial charge in [0.15, 0.2) is 11.4 Å². The Morgan fingerprint density at radius 1 is 1.10 bits per heavy atom. The predicted molar refractivity (Wildman–Crippen MR) is 81.7 cm³/mol. The van der Waals surface area contributed by atoms with Crippen molar-refractivity contribution >= 4 is 17.4 Å². The zero-order chi connectivity index (χ0) is 14.4. The van der Waals surface area contributed by atoms with E-state index in [1.807, 2.05) is 48.5 Å². The first-order chi connectivity index (χ1) is 10.2. The van der Waals surface area contributed by atoms with E-state index in [0.717, 1.165) is 36.0 Å². The molecular formula is C18H15ClO2. The van der Waals surface area contributed by atoms with Gasteiger partial charge in [-0.15, -0.1) is 0 Å². The first kappa shape index (κ1) is 13.1. The minimum absolute atomic E-state index is 0.131. The molecule has 2 atom stereocenters. The first-order valence-electron chi connectivity index (χ1n) is 7.27. The number of halogens is 1. The quantitative estimate of drug-likeness (QED) is 0.732. The van der Waals surface area contributed by atoms with Crippen LogP contribution in [0.3, 0.4) is 0 Å². The number of benzene rings is 2. The molecule has 0 amide bonds. The highest BCUT2D eigenvalue weighted by atomic mass is 35.5. The lowest BCUT2D eigenvalue weighted by atomic mass is 9.89. The van der Waals surface area contributed by atoms with Crippen LogP contribution in [-0.2, 0) is 11.2 Å². The normalized spacial score (nSPS) is 27.3. The van der Waals surface area contributed by atoms with Crippen LogP contribution in [0.15, 0.2) is 48.5 Å². The number of carbonyl (C=O) groups is 1. The number of rotatable bonds is 1. The monoisotopic (exact) mass is 298 g/mol. The lowest BCUT2D eigenvalue weighted by Crippen LogP contribution is -2.24. The second-order valence-corrected chi connectivity index (χ2v) is 6.22. The molecule has 21 heavy (non-hydrogen) atoms. The molecule has 0 unspecified atom stereocenters. The van der Waals surface area contributed by atoms with Gasteiger partial charge < -0.3 is 4.74 Å². The van der Waals surface area contributed by atoms with Crippen LogP contribution >= 0.6 is 11.6 Å². The van der Waals surface area contributed by atoms with E-state index in [9.17, 15) is 4.79 Å². The second-order valence-electron chi connectivity index (χ2n) is 5.78. The molecular weight excluding hydrogens is 284 g/mol. The van der Waals surface area contributed by atoms with Crippen molar-refractivity contribution < 1.29 is 9.53 Å². The first-order valence-corrected chi connectivity index (χ1v) is 7.64. The molecule has 0 radical (unpaired) electrons. The summed E-state index contributed by atoms with van der Waals surface area (Å²) in [4.78, 5) is 12.9. The van der Waals surface area contributed by atoms with Gasteiger partial charge >= 0.3 is 0 Å². The molecule has 2 aromatic rings. The maximum absolute atomic E-state index is 12.9. The number of aryl methyl sites for hydroxylation is 1. The molecule has 1 aliphatic carbocycles. The number of ketones is 1. The van der Waals surface area contributed by atoms with E-state index in [1.165, 1.54) is 0 Å². The van der Waals surface area contributed by atoms with Crippen LogP contribution in [0.1, 0.15) is 40.4 Å². The summed E-state index contributed by atoms with van der Waals surface area (Å²) < 4.78 is 5.93. The Labute approximate surface area is 128 Å². The average molecular weight is 299 g/mol. The van der Waals surface area contributed by atoms with Crippen LogP contribution in [0.5, 0.6) is 0 Å². The predicted octanol–water partition coefficient (Wildman–Crippen LogP) is 4.37. The zero-order valence-electron chi connectivity index (χ0n) is 11.5. The smallest absolute Gasteiger partial charge is 0.197 e. The van der Waals surface area contributed by atoms with Crippen LogP contribution in [0, 0.1) is 0 Å². The summed E-state index contributed by atoms with van der Waals surface area (Å²) in [6.07, 6.45) is 2.58. The van der Waals surface area contributed by atoms with Crippen molar-refractivity contribution in [3.05, 3.63) is 70.2 Å². The highest BCUT2D eigenvalue weighted by Gasteiger charge is 2.62. The summed E-state index contributed by atoms with van der Waals surface area (Å²) in [7, 11) is 0. The summed E-state index contributed by atoms with van der Waals surface area (Å²) >= 11 is 5.93. The van der Waals surface area contributed by atoms with Crippen molar-refractivity contribution in [2.75, 3.05) is 0 Å². The number of hydrogen-bond acceptors (Lipinski definition) is 2. The molecule has 106 valence electrons. The third-order valence-corrected chi connectivity index (χ3v) is 4.76. The minimum atomic E-state index is -0.652. The lowest BCUT2D eigenvalue weighted by Gasteiger charge is -2.09. The van der Waals surface area contributed by atoms with Crippen LogP contribution in [0.2, 0.25) is 5.02 Å². The summed E-state index contributed by atoms with van der Waals surface area (Å²) in [5, 5.41) is 0.700. The van der Waals surface area contributed by atoms with E-state index in [2.05, 4.69) is 0 Å². The van der Waals surface area contributed by atoms with Gasteiger partial charge in [0.05, 0.1) is 0 Å². The highest BCUT2D eigenvalue weighted by Crippen LogP contribution is 2.55. The molecule has 1 saturated heterocycles. The Hall–Kier alpha value is -1.64. The summed E-state index contributed by atoms with van der Waals surface area (Å²) in [5.41, 5.74) is 2.35. The Bertz CT molecular complexity index is 707. The second kappa shape index (κ2) is 4.69. The number of hydrogen-bond donors (Lipinski definition) is 0. The molecule has 3 heteroatoms. The van der Waals surface area contributed by atoms with Crippen molar-refractivity contribution in [1.29, 1.82) is 0 Å². The van der Waals surface area contributed by atoms with Gasteiger partial charge in [0, 0.05) is 10.6 Å². The number of fused-ring (bicyclic) bond motifs is 1. The van der Waals surface area contributed by atoms with Crippen LogP contribution in [0.25, 0.3) is 0 Å². The van der Waals surface area contributed by atoms with Gasteiger partial charge in [0.2, 0.25) is 0 Å². The molecule has 0 saturated carbocycles. The molecule has 1 heterocycles. The van der Waals surface area contributed by atoms with Crippen LogP contribution in [-0.4, -0.2) is 11.4 Å². The summed E-state index contributed by atoms with van der Waals surface area (Å²) in [5.74, 6) is 0.135. The summed E-state index contributed by atoms with van der Waals surface area (Å²) in [6.45, 7) is 0. The fraction of sp³-hybridized carbons (Fsp3) is 0.278. The van der Waals surface area contributed by atoms with E-state index < -0.39 is 5.60 Å². The van der Waals surface area contributed by atoms with E-state index in [-0.39, 0.29) is 11.9 Å². The molecule has 1 spiro atoms. The Morgan fingerprint density at radius 3 is 2.67 bits per heavy atom. The van der Waals surface area contributed by atoms with Gasteiger partial charge in [0.25, 0.3) is 0 Å². The summed E-state index contributed by atoms with van der Waals surface area (Å²) in [6, 6.07) is 15.5. The van der Waals surface area contributed by atoms with Crippen LogP contribution < -0.4 is 0 Å². The molecule has 1 aliphatic heterocycles. The van der Waals surface area contributed by atoms with Gasteiger partial charge in [-0.25, -0.2) is 0 Å². The van der Waals surface area contributed by atoms with Gasteiger partial charge in [-0.1, -0.05) is 48.0 Å². The standard InChI is InChI=1S/C18H15ClO2/c19-14-9-7-13(8-10-14)17-18(21-17)11-3-5-12-4-1-2-6-15(12)16(18)20/h1-2,4,6-10,17H,3,5,11H2/t17-,18-/m1/s1. The van der Waals surface area contributed by atoms with Crippen molar-refractivity contribution in [2.45, 2.75) is 31.0 Å². The molecule has 2 aromatic carbocycles. The molecule has 2 aliphatic rings. The Balaban J connectivity index is 1.70. The minimum Gasteiger partial charge on any atom is -0.352 e. The highest BCUT2D eigenvalue weighted by molar-refractivity contribution is 6.30. The largest absolute Gasteiger partial charge is 0.352 e. The molecule has 2 nitrogen and oxygen atoms in total. The van der Waals surface area contributed by atoms with Crippen molar-refractivity contribution in [3.8, 4) is 0 Å². The van der Waals surface area contributed by atoms with E-state index in [4.69, 9.17) is 16.3 Å². The van der Waals surface area contributed by atoms with Gasteiger partial charge in [-0.3, -0.25) is 4.79 Å². The SMILES string of the molecule is O=C1c2ccccc2CCC[C@@]12O[C@@H]2c1ccc(Cl)cc1. The van der Waals surface area contributed by atoms with Crippen molar-refractivity contribution in [1.82, 2.24) is 0 Å². The maximum atomic E-state index is 12.9. The lowest BCUT2D eigenvalue weighted by molar-refractivity contribution is 0.0867. The van der Waals surface area contributed by atoms with Gasteiger partial charge in [-0.2, -0.15) is 0 Å². The molecule has 0 aromatic heterocycles.